The Balaban J connectivity index is 1.84. The molecule has 1 aromatic heterocycles. The molecule has 0 unspecified atom stereocenters. The molecule has 0 fully saturated rings. The van der Waals surface area contributed by atoms with Crippen LogP contribution in [-0.2, 0) is 22.7 Å². The topological polar surface area (TPSA) is 87.2 Å². The van der Waals surface area contributed by atoms with Crippen molar-refractivity contribution in [1.82, 2.24) is 9.78 Å². The molecule has 1 heterocycles. The summed E-state index contributed by atoms with van der Waals surface area (Å²) in [6.45, 7) is 0.228. The number of nitrogens with two attached hydrogens (primary N) is 1. The number of aromatic nitrogens is 2. The molecule has 0 aliphatic carbocycles. The van der Waals surface area contributed by atoms with Crippen LogP contribution in [0.5, 0.6) is 0 Å². The summed E-state index contributed by atoms with van der Waals surface area (Å²) in [6.07, 6.45) is 3.28. The maximum atomic E-state index is 11.5. The van der Waals surface area contributed by atoms with Gasteiger partial charge in [0.15, 0.2) is 0 Å². The molecule has 0 bridgehead atoms. The van der Waals surface area contributed by atoms with Crippen molar-refractivity contribution in [2.45, 2.75) is 13.2 Å². The van der Waals surface area contributed by atoms with Crippen LogP contribution < -0.4 is 5.73 Å². The highest BCUT2D eigenvalue weighted by molar-refractivity contribution is 5.92. The minimum atomic E-state index is -0.484. The van der Waals surface area contributed by atoms with Crippen LogP contribution in [0.4, 0.5) is 0 Å². The SMILES string of the molecule is NC(=O)c1ccc(COC(=O)Cn2cccn2)cc1. The largest absolute Gasteiger partial charge is 0.459 e. The number of carbonyl (C=O) groups excluding carboxylic acids is 2. The fraction of sp³-hybridized carbons (Fsp3) is 0.154. The summed E-state index contributed by atoms with van der Waals surface area (Å²) in [5.41, 5.74) is 6.34. The molecule has 6 nitrogen and oxygen atoms in total. The second-order valence-corrected chi connectivity index (χ2v) is 3.93. The third-order valence-electron chi connectivity index (χ3n) is 2.49. The average molecular weight is 259 g/mol. The van der Waals surface area contributed by atoms with Gasteiger partial charge in [-0.25, -0.2) is 0 Å². The first-order chi connectivity index (χ1) is 9.15. The van der Waals surface area contributed by atoms with Crippen LogP contribution in [-0.4, -0.2) is 21.7 Å². The number of benzene rings is 1. The van der Waals surface area contributed by atoms with E-state index in [-0.39, 0.29) is 19.1 Å². The highest BCUT2D eigenvalue weighted by atomic mass is 16.5. The van der Waals surface area contributed by atoms with Crippen molar-refractivity contribution in [3.63, 3.8) is 0 Å². The summed E-state index contributed by atoms with van der Waals surface area (Å²) in [5.74, 6) is -0.857. The van der Waals surface area contributed by atoms with Crippen molar-refractivity contribution >= 4 is 11.9 Å². The van der Waals surface area contributed by atoms with E-state index < -0.39 is 5.91 Å². The zero-order chi connectivity index (χ0) is 13.7. The van der Waals surface area contributed by atoms with E-state index in [1.165, 1.54) is 4.68 Å². The fourth-order valence-corrected chi connectivity index (χ4v) is 1.50. The third-order valence-corrected chi connectivity index (χ3v) is 2.49. The minimum absolute atomic E-state index is 0.0758. The normalized spacial score (nSPS) is 10.1. The highest BCUT2D eigenvalue weighted by Gasteiger charge is 2.05. The zero-order valence-corrected chi connectivity index (χ0v) is 10.2. The Bertz CT molecular complexity index is 561. The Morgan fingerprint density at radius 2 is 2.00 bits per heavy atom. The van der Waals surface area contributed by atoms with Crippen LogP contribution in [0.3, 0.4) is 0 Å². The number of nitrogens with zero attached hydrogens (tertiary/aromatic N) is 2. The van der Waals surface area contributed by atoms with E-state index in [2.05, 4.69) is 5.10 Å². The highest BCUT2D eigenvalue weighted by Crippen LogP contribution is 2.05. The maximum Gasteiger partial charge on any atom is 0.328 e. The standard InChI is InChI=1S/C13H13N3O3/c14-13(18)11-4-2-10(3-5-11)9-19-12(17)8-16-7-1-6-15-16/h1-7H,8-9H2,(H2,14,18). The van der Waals surface area contributed by atoms with Crippen LogP contribution in [0.25, 0.3) is 0 Å². The lowest BCUT2D eigenvalue weighted by atomic mass is 10.1. The number of hydrogen-bond donors (Lipinski definition) is 1. The van der Waals surface area contributed by atoms with E-state index >= 15 is 0 Å². The molecular weight excluding hydrogens is 246 g/mol. The Morgan fingerprint density at radius 3 is 2.58 bits per heavy atom. The summed E-state index contributed by atoms with van der Waals surface area (Å²) in [4.78, 5) is 22.4. The number of carbonyl (C=O) groups is 2. The van der Waals surface area contributed by atoms with Crippen molar-refractivity contribution in [2.75, 3.05) is 0 Å². The molecule has 2 aromatic rings. The van der Waals surface area contributed by atoms with Gasteiger partial charge in [-0.3, -0.25) is 14.3 Å². The summed E-state index contributed by atoms with van der Waals surface area (Å²) in [7, 11) is 0. The van der Waals surface area contributed by atoms with E-state index in [1.807, 2.05) is 0 Å². The Kier molecular flexibility index (Phi) is 3.92. The lowest BCUT2D eigenvalue weighted by Crippen LogP contribution is -2.14. The van der Waals surface area contributed by atoms with Crippen LogP contribution in [0.15, 0.2) is 42.7 Å². The van der Waals surface area contributed by atoms with Crippen molar-refractivity contribution in [1.29, 1.82) is 0 Å². The number of amides is 1. The second kappa shape index (κ2) is 5.81. The molecule has 1 amide bonds. The lowest BCUT2D eigenvalue weighted by molar-refractivity contribution is -0.145. The van der Waals surface area contributed by atoms with Gasteiger partial charge in [0.05, 0.1) is 0 Å². The quantitative estimate of drug-likeness (QED) is 0.802. The van der Waals surface area contributed by atoms with Gasteiger partial charge in [0.1, 0.15) is 13.2 Å². The van der Waals surface area contributed by atoms with Gasteiger partial charge in [0, 0.05) is 18.0 Å². The van der Waals surface area contributed by atoms with Crippen molar-refractivity contribution < 1.29 is 14.3 Å². The molecule has 98 valence electrons. The molecule has 19 heavy (non-hydrogen) atoms. The van der Waals surface area contributed by atoms with Gasteiger partial charge in [-0.15, -0.1) is 0 Å². The van der Waals surface area contributed by atoms with Gasteiger partial charge in [-0.2, -0.15) is 5.10 Å². The number of primary amides is 1. The average Bonchev–Trinajstić information content (AvgIpc) is 2.89. The summed E-state index contributed by atoms with van der Waals surface area (Å²) in [6, 6.07) is 8.32. The summed E-state index contributed by atoms with van der Waals surface area (Å²) >= 11 is 0. The van der Waals surface area contributed by atoms with Gasteiger partial charge < -0.3 is 10.5 Å². The van der Waals surface area contributed by atoms with Gasteiger partial charge in [-0.1, -0.05) is 12.1 Å². The van der Waals surface area contributed by atoms with E-state index in [9.17, 15) is 9.59 Å². The zero-order valence-electron chi connectivity index (χ0n) is 10.2. The maximum absolute atomic E-state index is 11.5. The van der Waals surface area contributed by atoms with E-state index in [0.29, 0.717) is 5.56 Å². The predicted octanol–water partition coefficient (Wildman–Crippen LogP) is 0.725. The van der Waals surface area contributed by atoms with E-state index in [4.69, 9.17) is 10.5 Å². The molecular formula is C13H13N3O3. The first-order valence-electron chi connectivity index (χ1n) is 5.67. The Morgan fingerprint density at radius 1 is 1.26 bits per heavy atom. The predicted molar refractivity (Wildman–Crippen MR) is 67.0 cm³/mol. The van der Waals surface area contributed by atoms with Crippen molar-refractivity contribution in [3.8, 4) is 0 Å². The molecule has 1 aromatic carbocycles. The second-order valence-electron chi connectivity index (χ2n) is 3.93. The Hall–Kier alpha value is -2.63. The van der Waals surface area contributed by atoms with E-state index in [1.54, 1.807) is 42.7 Å². The molecule has 0 atom stereocenters. The number of rotatable bonds is 5. The smallest absolute Gasteiger partial charge is 0.328 e. The van der Waals surface area contributed by atoms with E-state index in [0.717, 1.165) is 5.56 Å². The van der Waals surface area contributed by atoms with Gasteiger partial charge in [-0.05, 0) is 23.8 Å². The summed E-state index contributed by atoms with van der Waals surface area (Å²) < 4.78 is 6.57. The molecule has 0 radical (unpaired) electrons. The molecule has 0 aliphatic rings. The monoisotopic (exact) mass is 259 g/mol. The molecule has 0 spiro atoms. The van der Waals surface area contributed by atoms with Crippen molar-refractivity contribution in [3.05, 3.63) is 53.9 Å². The van der Waals surface area contributed by atoms with Crippen LogP contribution in [0.2, 0.25) is 0 Å². The van der Waals surface area contributed by atoms with Crippen LogP contribution >= 0.6 is 0 Å². The first-order valence-corrected chi connectivity index (χ1v) is 5.67. The summed E-state index contributed by atoms with van der Waals surface area (Å²) in [5, 5.41) is 3.91. The Labute approximate surface area is 109 Å². The third kappa shape index (κ3) is 3.67. The number of hydrogen-bond acceptors (Lipinski definition) is 4. The van der Waals surface area contributed by atoms with Crippen LogP contribution in [0, 0.1) is 0 Å². The fourth-order valence-electron chi connectivity index (χ4n) is 1.50. The van der Waals surface area contributed by atoms with Crippen LogP contribution in [0.1, 0.15) is 15.9 Å². The van der Waals surface area contributed by atoms with Gasteiger partial charge in [0.2, 0.25) is 5.91 Å². The molecule has 2 N–H and O–H groups in total. The first kappa shape index (κ1) is 12.8. The lowest BCUT2D eigenvalue weighted by Gasteiger charge is -2.05. The van der Waals surface area contributed by atoms with Gasteiger partial charge in [0.25, 0.3) is 0 Å². The minimum Gasteiger partial charge on any atom is -0.459 e. The number of esters is 1. The molecule has 0 aliphatic heterocycles. The molecule has 0 saturated carbocycles. The van der Waals surface area contributed by atoms with Gasteiger partial charge >= 0.3 is 5.97 Å². The number of ether oxygens (including phenoxy) is 1. The molecule has 6 heteroatoms. The van der Waals surface area contributed by atoms with Crippen molar-refractivity contribution in [2.24, 2.45) is 5.73 Å². The molecule has 2 rings (SSSR count). The molecule has 0 saturated heterocycles.